The number of pyridine rings is 1. The van der Waals surface area contributed by atoms with Crippen LogP contribution in [0, 0.1) is 25.2 Å². The van der Waals surface area contributed by atoms with Gasteiger partial charge in [-0.15, -0.1) is 0 Å². The number of nitrogens with zero attached hydrogens (tertiary/aromatic N) is 5. The quantitative estimate of drug-likeness (QED) is 0.384. The van der Waals surface area contributed by atoms with Crippen molar-refractivity contribution in [1.29, 1.82) is 5.26 Å². The first-order chi connectivity index (χ1) is 17.8. The van der Waals surface area contributed by atoms with E-state index in [1.54, 1.807) is 42.8 Å². The van der Waals surface area contributed by atoms with E-state index >= 15 is 0 Å². The SMILES string of the molecule is Cc1nc(N[C@H](C)c2cccc(C(F)(F)F)c2C)c2cc(C3(C#N)CCS(=O)(=O)CC3)c3nccn3c2n1. The molecule has 38 heavy (non-hydrogen) atoms. The number of imidazole rings is 1. The molecule has 0 radical (unpaired) electrons. The lowest BCUT2D eigenvalue weighted by Gasteiger charge is -2.31. The number of fused-ring (bicyclic) bond motifs is 3. The van der Waals surface area contributed by atoms with Crippen LogP contribution in [0.2, 0.25) is 0 Å². The summed E-state index contributed by atoms with van der Waals surface area (Å²) in [6.45, 7) is 4.91. The molecule has 4 aromatic rings. The highest BCUT2D eigenvalue weighted by molar-refractivity contribution is 7.91. The van der Waals surface area contributed by atoms with E-state index in [9.17, 15) is 26.9 Å². The van der Waals surface area contributed by atoms with Crippen LogP contribution in [0.4, 0.5) is 19.0 Å². The molecule has 12 heteroatoms. The van der Waals surface area contributed by atoms with Crippen LogP contribution < -0.4 is 5.32 Å². The summed E-state index contributed by atoms with van der Waals surface area (Å²) < 4.78 is 66.6. The Morgan fingerprint density at radius 2 is 1.87 bits per heavy atom. The van der Waals surface area contributed by atoms with Gasteiger partial charge in [-0.3, -0.25) is 4.40 Å². The first-order valence-corrected chi connectivity index (χ1v) is 13.9. The van der Waals surface area contributed by atoms with Crippen LogP contribution in [0.3, 0.4) is 0 Å². The molecule has 0 unspecified atom stereocenters. The zero-order valence-corrected chi connectivity index (χ0v) is 21.8. The number of sulfone groups is 1. The van der Waals surface area contributed by atoms with Crippen molar-refractivity contribution >= 4 is 32.3 Å². The fourth-order valence-corrected chi connectivity index (χ4v) is 6.79. The van der Waals surface area contributed by atoms with E-state index in [4.69, 9.17) is 0 Å². The molecule has 0 amide bonds. The number of alkyl halides is 3. The molecular weight excluding hydrogens is 517 g/mol. The van der Waals surface area contributed by atoms with Gasteiger partial charge in [0.05, 0.1) is 40.0 Å². The zero-order chi connectivity index (χ0) is 27.5. The molecule has 0 bridgehead atoms. The predicted octanol–water partition coefficient (Wildman–Crippen LogP) is 5.06. The largest absolute Gasteiger partial charge is 0.416 e. The van der Waals surface area contributed by atoms with Gasteiger partial charge in [0.25, 0.3) is 0 Å². The predicted molar refractivity (Wildman–Crippen MR) is 136 cm³/mol. The molecule has 4 heterocycles. The number of hydrogen-bond acceptors (Lipinski definition) is 7. The highest BCUT2D eigenvalue weighted by Crippen LogP contribution is 2.41. The van der Waals surface area contributed by atoms with Crippen molar-refractivity contribution in [2.45, 2.75) is 51.2 Å². The van der Waals surface area contributed by atoms with Gasteiger partial charge in [-0.1, -0.05) is 12.1 Å². The molecule has 1 N–H and O–H groups in total. The third kappa shape index (κ3) is 4.34. The summed E-state index contributed by atoms with van der Waals surface area (Å²) in [6.07, 6.45) is -0.909. The van der Waals surface area contributed by atoms with E-state index in [0.29, 0.717) is 39.4 Å². The second-order valence-corrected chi connectivity index (χ2v) is 12.1. The summed E-state index contributed by atoms with van der Waals surface area (Å²) in [5.41, 5.74) is 0.421. The molecule has 1 atom stereocenters. The van der Waals surface area contributed by atoms with E-state index < -0.39 is 33.0 Å². The van der Waals surface area contributed by atoms with E-state index in [1.807, 2.05) is 0 Å². The number of nitrogens with one attached hydrogen (secondary N) is 1. The molecule has 3 aromatic heterocycles. The number of halogens is 3. The molecule has 0 saturated carbocycles. The van der Waals surface area contributed by atoms with Gasteiger partial charge in [0, 0.05) is 18.0 Å². The molecule has 1 aliphatic heterocycles. The van der Waals surface area contributed by atoms with E-state index in [1.165, 1.54) is 13.0 Å². The maximum Gasteiger partial charge on any atom is 0.416 e. The maximum atomic E-state index is 13.5. The van der Waals surface area contributed by atoms with Crippen LogP contribution in [0.5, 0.6) is 0 Å². The van der Waals surface area contributed by atoms with Crippen LogP contribution in [-0.2, 0) is 21.4 Å². The van der Waals surface area contributed by atoms with Crippen molar-refractivity contribution in [3.8, 4) is 6.07 Å². The highest BCUT2D eigenvalue weighted by Gasteiger charge is 2.41. The van der Waals surface area contributed by atoms with Gasteiger partial charge in [0.1, 0.15) is 27.1 Å². The number of benzene rings is 1. The standard InChI is InChI=1S/C26H25F3N6O2S/c1-15-18(5-4-6-20(15)26(27,28)29)16(2)32-22-19-13-21(25(14-30)7-11-38(36,37)12-8-25)24-31-9-10-35(24)23(19)34-17(3)33-22/h4-6,9-10,13,16H,7-8,11-12H2,1-3H3,(H,32,33,34)/t16-/m1/s1. The van der Waals surface area contributed by atoms with E-state index in [0.717, 1.165) is 6.07 Å². The lowest BCUT2D eigenvalue weighted by Crippen LogP contribution is -2.36. The highest BCUT2D eigenvalue weighted by atomic mass is 32.2. The number of hydrogen-bond donors (Lipinski definition) is 1. The molecular formula is C26H25F3N6O2S. The van der Waals surface area contributed by atoms with Gasteiger partial charge in [0.15, 0.2) is 5.65 Å². The van der Waals surface area contributed by atoms with Crippen LogP contribution in [-0.4, -0.2) is 39.3 Å². The van der Waals surface area contributed by atoms with Crippen molar-refractivity contribution in [1.82, 2.24) is 19.4 Å². The Hall–Kier alpha value is -3.72. The van der Waals surface area contributed by atoms with Gasteiger partial charge >= 0.3 is 6.18 Å². The van der Waals surface area contributed by atoms with Gasteiger partial charge in [-0.25, -0.2) is 23.4 Å². The summed E-state index contributed by atoms with van der Waals surface area (Å²) in [6, 6.07) is 7.67. The van der Waals surface area contributed by atoms with Crippen LogP contribution in [0.1, 0.15) is 53.9 Å². The molecule has 0 spiro atoms. The number of aryl methyl sites for hydroxylation is 1. The van der Waals surface area contributed by atoms with Crippen molar-refractivity contribution in [3.63, 3.8) is 0 Å². The Morgan fingerprint density at radius 1 is 1.16 bits per heavy atom. The smallest absolute Gasteiger partial charge is 0.363 e. The second kappa shape index (κ2) is 8.94. The average Bonchev–Trinajstić information content (AvgIpc) is 3.34. The van der Waals surface area contributed by atoms with Gasteiger partial charge in [0.2, 0.25) is 0 Å². The van der Waals surface area contributed by atoms with E-state index in [2.05, 4.69) is 26.3 Å². The first kappa shape index (κ1) is 25.9. The first-order valence-electron chi connectivity index (χ1n) is 12.0. The van der Waals surface area contributed by atoms with Gasteiger partial charge < -0.3 is 5.32 Å². The molecule has 1 aromatic carbocycles. The van der Waals surface area contributed by atoms with Crippen molar-refractivity contribution in [2.24, 2.45) is 0 Å². The molecule has 1 fully saturated rings. The zero-order valence-electron chi connectivity index (χ0n) is 21.0. The number of anilines is 1. The normalized spacial score (nSPS) is 17.8. The minimum atomic E-state index is -4.47. The van der Waals surface area contributed by atoms with Crippen LogP contribution in [0.25, 0.3) is 16.7 Å². The second-order valence-electron chi connectivity index (χ2n) is 9.76. The fourth-order valence-electron chi connectivity index (χ4n) is 5.27. The third-order valence-corrected chi connectivity index (χ3v) is 9.00. The monoisotopic (exact) mass is 542 g/mol. The maximum absolute atomic E-state index is 13.5. The van der Waals surface area contributed by atoms with Gasteiger partial charge in [-0.2, -0.15) is 18.4 Å². The molecule has 1 saturated heterocycles. The number of nitriles is 1. The fraction of sp³-hybridized carbons (Fsp3) is 0.385. The number of rotatable bonds is 4. The summed E-state index contributed by atoms with van der Waals surface area (Å²) in [4.78, 5) is 13.6. The van der Waals surface area contributed by atoms with Crippen LogP contribution >= 0.6 is 0 Å². The third-order valence-electron chi connectivity index (χ3n) is 7.35. The minimum Gasteiger partial charge on any atom is -0.363 e. The Balaban J connectivity index is 1.66. The molecule has 5 rings (SSSR count). The topological polar surface area (TPSA) is 113 Å². The number of aromatic nitrogens is 4. The lowest BCUT2D eigenvalue weighted by molar-refractivity contribution is -0.138. The Morgan fingerprint density at radius 3 is 2.53 bits per heavy atom. The van der Waals surface area contributed by atoms with Crippen LogP contribution in [0.15, 0.2) is 36.7 Å². The van der Waals surface area contributed by atoms with Crippen molar-refractivity contribution in [3.05, 3.63) is 64.7 Å². The summed E-state index contributed by atoms with van der Waals surface area (Å²) in [5, 5.41) is 14.1. The van der Waals surface area contributed by atoms with Crippen molar-refractivity contribution in [2.75, 3.05) is 16.8 Å². The summed E-state index contributed by atoms with van der Waals surface area (Å²) in [7, 11) is -3.23. The summed E-state index contributed by atoms with van der Waals surface area (Å²) in [5.74, 6) is 0.624. The Labute approximate surface area is 217 Å². The van der Waals surface area contributed by atoms with E-state index in [-0.39, 0.29) is 29.9 Å². The molecule has 1 aliphatic rings. The molecule has 8 nitrogen and oxygen atoms in total. The van der Waals surface area contributed by atoms with Gasteiger partial charge in [-0.05, 0) is 56.9 Å². The Bertz CT molecular complexity index is 1710. The van der Waals surface area contributed by atoms with Crippen molar-refractivity contribution < 1.29 is 21.6 Å². The minimum absolute atomic E-state index is 0.104. The average molecular weight is 543 g/mol. The molecule has 0 aliphatic carbocycles. The Kier molecular flexibility index (Phi) is 6.10. The lowest BCUT2D eigenvalue weighted by atomic mass is 9.77. The molecule has 198 valence electrons. The summed E-state index contributed by atoms with van der Waals surface area (Å²) >= 11 is 0.